The van der Waals surface area contributed by atoms with Gasteiger partial charge in [0.25, 0.3) is 0 Å². The van der Waals surface area contributed by atoms with Crippen LogP contribution in [-0.4, -0.2) is 21.9 Å². The number of rotatable bonds is 4. The van der Waals surface area contributed by atoms with Crippen molar-refractivity contribution in [3.63, 3.8) is 0 Å². The zero-order valence-corrected chi connectivity index (χ0v) is 7.96. The van der Waals surface area contributed by atoms with Crippen LogP contribution in [0.1, 0.15) is 40.5 Å². The van der Waals surface area contributed by atoms with E-state index in [-0.39, 0.29) is 5.92 Å². The summed E-state index contributed by atoms with van der Waals surface area (Å²) < 4.78 is 0. The predicted octanol–water partition coefficient (Wildman–Crippen LogP) is 1.55. The Morgan fingerprint density at radius 1 is 1.36 bits per heavy atom. The van der Waals surface area contributed by atoms with E-state index in [0.717, 1.165) is 6.42 Å². The minimum Gasteiger partial charge on any atom is -0.390 e. The molecule has 2 N–H and O–H groups in total. The second-order valence-corrected chi connectivity index (χ2v) is 3.68. The van der Waals surface area contributed by atoms with E-state index in [0.29, 0.717) is 6.42 Å². The Hall–Kier alpha value is -0.0800. The first kappa shape index (κ1) is 10.9. The molecule has 0 radical (unpaired) electrons. The fourth-order valence-corrected chi connectivity index (χ4v) is 0.950. The molecule has 0 fully saturated rings. The van der Waals surface area contributed by atoms with Crippen molar-refractivity contribution >= 4 is 0 Å². The third-order valence-electron chi connectivity index (χ3n) is 2.41. The zero-order chi connectivity index (χ0) is 9.07. The van der Waals surface area contributed by atoms with Gasteiger partial charge in [0.2, 0.25) is 0 Å². The van der Waals surface area contributed by atoms with Crippen molar-refractivity contribution in [1.29, 1.82) is 0 Å². The van der Waals surface area contributed by atoms with Gasteiger partial charge in [0.05, 0.1) is 11.7 Å². The SMILES string of the molecule is CCCC(O)C(C)(O)C(C)C. The normalized spacial score (nSPS) is 19.9. The highest BCUT2D eigenvalue weighted by Gasteiger charge is 2.32. The molecule has 0 aromatic heterocycles. The van der Waals surface area contributed by atoms with Gasteiger partial charge in [-0.3, -0.25) is 0 Å². The van der Waals surface area contributed by atoms with Crippen molar-refractivity contribution in [1.82, 2.24) is 0 Å². The second kappa shape index (κ2) is 4.07. The molecule has 0 saturated heterocycles. The van der Waals surface area contributed by atoms with Gasteiger partial charge in [-0.25, -0.2) is 0 Å². The lowest BCUT2D eigenvalue weighted by atomic mass is 9.85. The molecule has 0 heterocycles. The quantitative estimate of drug-likeness (QED) is 0.655. The molecule has 0 saturated carbocycles. The number of hydrogen-bond acceptors (Lipinski definition) is 2. The van der Waals surface area contributed by atoms with Crippen LogP contribution in [0.25, 0.3) is 0 Å². The minimum absolute atomic E-state index is 0.101. The van der Waals surface area contributed by atoms with E-state index in [4.69, 9.17) is 0 Å². The summed E-state index contributed by atoms with van der Waals surface area (Å²) in [6.45, 7) is 7.52. The van der Waals surface area contributed by atoms with Crippen molar-refractivity contribution in [3.05, 3.63) is 0 Å². The van der Waals surface area contributed by atoms with Crippen molar-refractivity contribution in [2.45, 2.75) is 52.2 Å². The third-order valence-corrected chi connectivity index (χ3v) is 2.41. The molecule has 68 valence electrons. The Labute approximate surface area is 69.2 Å². The topological polar surface area (TPSA) is 40.5 Å². The van der Waals surface area contributed by atoms with Gasteiger partial charge in [0.1, 0.15) is 0 Å². The molecule has 2 nitrogen and oxygen atoms in total. The molecule has 0 aliphatic heterocycles. The standard InChI is InChI=1S/C9H20O2/c1-5-6-8(10)9(4,11)7(2)3/h7-8,10-11H,5-6H2,1-4H3. The Morgan fingerprint density at radius 3 is 2.09 bits per heavy atom. The second-order valence-electron chi connectivity index (χ2n) is 3.68. The molecule has 0 aromatic carbocycles. The highest BCUT2D eigenvalue weighted by Crippen LogP contribution is 2.23. The lowest BCUT2D eigenvalue weighted by Gasteiger charge is -2.32. The van der Waals surface area contributed by atoms with Crippen molar-refractivity contribution in [2.24, 2.45) is 5.92 Å². The largest absolute Gasteiger partial charge is 0.390 e. The maximum Gasteiger partial charge on any atom is 0.0900 e. The molecule has 11 heavy (non-hydrogen) atoms. The highest BCUT2D eigenvalue weighted by atomic mass is 16.3. The maximum absolute atomic E-state index is 9.74. The summed E-state index contributed by atoms with van der Waals surface area (Å²) in [6.07, 6.45) is 0.988. The van der Waals surface area contributed by atoms with Crippen LogP contribution in [0.2, 0.25) is 0 Å². The first-order valence-corrected chi connectivity index (χ1v) is 4.33. The van der Waals surface area contributed by atoms with Gasteiger partial charge >= 0.3 is 0 Å². The summed E-state index contributed by atoms with van der Waals surface area (Å²) in [5.74, 6) is 0.101. The first-order chi connectivity index (χ1) is 4.92. The zero-order valence-electron chi connectivity index (χ0n) is 7.96. The van der Waals surface area contributed by atoms with Crippen LogP contribution in [0, 0.1) is 5.92 Å². The molecule has 2 atom stereocenters. The molecule has 0 spiro atoms. The molecule has 0 bridgehead atoms. The number of hydrogen-bond donors (Lipinski definition) is 2. The fourth-order valence-electron chi connectivity index (χ4n) is 0.950. The van der Waals surface area contributed by atoms with Gasteiger partial charge in [0.15, 0.2) is 0 Å². The molecule has 0 aromatic rings. The third kappa shape index (κ3) is 2.80. The van der Waals surface area contributed by atoms with Gasteiger partial charge in [0, 0.05) is 0 Å². The molecule has 0 rings (SSSR count). The lowest BCUT2D eigenvalue weighted by molar-refractivity contribution is -0.0946. The number of aliphatic hydroxyl groups excluding tert-OH is 1. The van der Waals surface area contributed by atoms with Crippen LogP contribution in [-0.2, 0) is 0 Å². The molecule has 0 amide bonds. The fraction of sp³-hybridized carbons (Fsp3) is 1.00. The first-order valence-electron chi connectivity index (χ1n) is 4.33. The molecule has 2 unspecified atom stereocenters. The summed E-state index contributed by atoms with van der Waals surface area (Å²) in [5.41, 5.74) is -0.935. The van der Waals surface area contributed by atoms with Crippen molar-refractivity contribution in [3.8, 4) is 0 Å². The summed E-state index contributed by atoms with van der Waals surface area (Å²) in [4.78, 5) is 0. The van der Waals surface area contributed by atoms with Crippen LogP contribution < -0.4 is 0 Å². The van der Waals surface area contributed by atoms with E-state index < -0.39 is 11.7 Å². The minimum atomic E-state index is -0.935. The molecule has 0 aliphatic rings. The van der Waals surface area contributed by atoms with E-state index in [1.54, 1.807) is 6.92 Å². The molecule has 2 heteroatoms. The summed E-state index contributed by atoms with van der Waals surface area (Å²) >= 11 is 0. The number of aliphatic hydroxyl groups is 2. The Morgan fingerprint density at radius 2 is 1.82 bits per heavy atom. The molecular weight excluding hydrogens is 140 g/mol. The molecular formula is C9H20O2. The summed E-state index contributed by atoms with van der Waals surface area (Å²) in [6, 6.07) is 0. The van der Waals surface area contributed by atoms with Gasteiger partial charge in [-0.15, -0.1) is 0 Å². The Kier molecular flexibility index (Phi) is 4.04. The van der Waals surface area contributed by atoms with E-state index in [9.17, 15) is 10.2 Å². The van der Waals surface area contributed by atoms with Crippen molar-refractivity contribution in [2.75, 3.05) is 0 Å². The van der Waals surface area contributed by atoms with Crippen LogP contribution in [0.4, 0.5) is 0 Å². The summed E-state index contributed by atoms with van der Waals surface area (Å²) in [5, 5.41) is 19.2. The lowest BCUT2D eigenvalue weighted by Crippen LogP contribution is -2.43. The van der Waals surface area contributed by atoms with Gasteiger partial charge < -0.3 is 10.2 Å². The average molecular weight is 160 g/mol. The van der Waals surface area contributed by atoms with E-state index >= 15 is 0 Å². The van der Waals surface area contributed by atoms with Gasteiger partial charge in [-0.1, -0.05) is 27.2 Å². The van der Waals surface area contributed by atoms with Crippen molar-refractivity contribution < 1.29 is 10.2 Å². The van der Waals surface area contributed by atoms with Gasteiger partial charge in [-0.05, 0) is 19.3 Å². The average Bonchev–Trinajstić information content (AvgIpc) is 1.88. The smallest absolute Gasteiger partial charge is 0.0900 e. The Bertz CT molecular complexity index is 108. The van der Waals surface area contributed by atoms with Crippen LogP contribution in [0.3, 0.4) is 0 Å². The van der Waals surface area contributed by atoms with Crippen LogP contribution in [0.5, 0.6) is 0 Å². The highest BCUT2D eigenvalue weighted by molar-refractivity contribution is 4.84. The van der Waals surface area contributed by atoms with E-state index in [1.807, 2.05) is 20.8 Å². The van der Waals surface area contributed by atoms with E-state index in [2.05, 4.69) is 0 Å². The monoisotopic (exact) mass is 160 g/mol. The predicted molar refractivity (Wildman–Crippen MR) is 46.4 cm³/mol. The summed E-state index contributed by atoms with van der Waals surface area (Å²) in [7, 11) is 0. The maximum atomic E-state index is 9.74. The van der Waals surface area contributed by atoms with Gasteiger partial charge in [-0.2, -0.15) is 0 Å². The van der Waals surface area contributed by atoms with E-state index in [1.165, 1.54) is 0 Å². The van der Waals surface area contributed by atoms with Crippen LogP contribution in [0.15, 0.2) is 0 Å². The Balaban J connectivity index is 4.05. The van der Waals surface area contributed by atoms with Crippen LogP contribution >= 0.6 is 0 Å². The molecule has 0 aliphatic carbocycles.